The predicted molar refractivity (Wildman–Crippen MR) is 186 cm³/mol. The van der Waals surface area contributed by atoms with Gasteiger partial charge in [0, 0.05) is 57.2 Å². The van der Waals surface area contributed by atoms with E-state index >= 15 is 0 Å². The summed E-state index contributed by atoms with van der Waals surface area (Å²) in [4.78, 5) is 62.4. The Morgan fingerprint density at radius 3 is 2.08 bits per heavy atom. The first-order valence-electron chi connectivity index (χ1n) is 16.4. The van der Waals surface area contributed by atoms with Gasteiger partial charge in [-0.3, -0.25) is 19.2 Å². The van der Waals surface area contributed by atoms with E-state index in [-0.39, 0.29) is 11.8 Å². The van der Waals surface area contributed by atoms with Gasteiger partial charge in [0.1, 0.15) is 5.75 Å². The van der Waals surface area contributed by atoms with Gasteiger partial charge in [-0.1, -0.05) is 29.3 Å². The number of amides is 2. The molecule has 13 nitrogen and oxygen atoms in total. The average Bonchev–Trinajstić information content (AvgIpc) is 3.07. The molecule has 2 saturated heterocycles. The van der Waals surface area contributed by atoms with Crippen LogP contribution in [-0.2, 0) is 19.2 Å². The Hall–Kier alpha value is -3.91. The largest absolute Gasteiger partial charge is 0.497 e. The summed E-state index contributed by atoms with van der Waals surface area (Å²) in [5.74, 6) is -3.88. The van der Waals surface area contributed by atoms with Gasteiger partial charge in [-0.2, -0.15) is 0 Å². The molecule has 4 rings (SSSR count). The van der Waals surface area contributed by atoms with Gasteiger partial charge in [0.15, 0.2) is 5.60 Å². The number of aliphatic carboxylic acids is 3. The van der Waals surface area contributed by atoms with Crippen molar-refractivity contribution in [3.05, 3.63) is 63.6 Å². The molecule has 2 heterocycles. The molecule has 0 unspecified atom stereocenters. The zero-order valence-corrected chi connectivity index (χ0v) is 29.7. The van der Waals surface area contributed by atoms with Gasteiger partial charge in [0.25, 0.3) is 5.91 Å². The zero-order chi connectivity index (χ0) is 37.0. The topological polar surface area (TPSA) is 185 Å². The van der Waals surface area contributed by atoms with Gasteiger partial charge in [-0.25, -0.2) is 4.79 Å². The van der Waals surface area contributed by atoms with Gasteiger partial charge in [0.2, 0.25) is 5.91 Å². The van der Waals surface area contributed by atoms with Crippen LogP contribution >= 0.6 is 23.2 Å². The Morgan fingerprint density at radius 2 is 1.56 bits per heavy atom. The van der Waals surface area contributed by atoms with E-state index in [0.717, 1.165) is 69.6 Å². The minimum atomic E-state index is -2.74. The number of likely N-dealkylation sites (tertiary alicyclic amines) is 2. The number of nitrogens with zero attached hydrogens (tertiary/aromatic N) is 3. The van der Waals surface area contributed by atoms with Crippen molar-refractivity contribution in [1.29, 1.82) is 0 Å². The second kappa shape index (κ2) is 18.9. The maximum absolute atomic E-state index is 13.1. The lowest BCUT2D eigenvalue weighted by Crippen LogP contribution is -2.49. The Kier molecular flexibility index (Phi) is 15.3. The van der Waals surface area contributed by atoms with Gasteiger partial charge >= 0.3 is 17.9 Å². The lowest BCUT2D eigenvalue weighted by atomic mass is 9.93. The first-order chi connectivity index (χ1) is 23.6. The smallest absolute Gasteiger partial charge is 0.336 e. The quantitative estimate of drug-likeness (QED) is 0.214. The second-order valence-corrected chi connectivity index (χ2v) is 13.5. The molecular weight excluding hydrogens is 693 g/mol. The molecule has 4 N–H and O–H groups in total. The molecule has 0 spiro atoms. The SMILES string of the molecule is COc1ccc(C(=O)N(C)C[C@@H](CCN2CCC(N3CCCCC3=O)CC2)c2ccc(Cl)c(Cl)c2)cc1.O=C(O)CC(O)(CC(=O)O)C(=O)O. The predicted octanol–water partition coefficient (Wildman–Crippen LogP) is 4.48. The number of rotatable bonds is 14. The number of benzene rings is 2. The van der Waals surface area contributed by atoms with E-state index in [4.69, 9.17) is 48.4 Å². The highest BCUT2D eigenvalue weighted by atomic mass is 35.5. The maximum Gasteiger partial charge on any atom is 0.336 e. The normalized spacial score (nSPS) is 16.2. The van der Waals surface area contributed by atoms with Crippen LogP contribution in [0, 0.1) is 0 Å². The molecule has 2 amide bonds. The van der Waals surface area contributed by atoms with Gasteiger partial charge < -0.3 is 39.9 Å². The van der Waals surface area contributed by atoms with Crippen molar-refractivity contribution in [2.24, 2.45) is 0 Å². The first kappa shape index (κ1) is 40.5. The Morgan fingerprint density at radius 1 is 0.940 bits per heavy atom. The molecule has 50 heavy (non-hydrogen) atoms. The number of carbonyl (C=O) groups excluding carboxylic acids is 2. The molecule has 0 saturated carbocycles. The summed E-state index contributed by atoms with van der Waals surface area (Å²) in [6.07, 6.45) is 3.51. The summed E-state index contributed by atoms with van der Waals surface area (Å²) in [7, 11) is 3.46. The minimum Gasteiger partial charge on any atom is -0.497 e. The summed E-state index contributed by atoms with van der Waals surface area (Å²) in [5, 5.41) is 34.9. The highest BCUT2D eigenvalue weighted by Crippen LogP contribution is 2.30. The summed E-state index contributed by atoms with van der Waals surface area (Å²) >= 11 is 12.6. The fraction of sp³-hybridized carbons (Fsp3) is 0.514. The molecule has 2 fully saturated rings. The summed E-state index contributed by atoms with van der Waals surface area (Å²) in [6, 6.07) is 13.3. The number of aliphatic hydroxyl groups is 1. The van der Waals surface area contributed by atoms with Crippen molar-refractivity contribution in [3.63, 3.8) is 0 Å². The van der Waals surface area contributed by atoms with Gasteiger partial charge in [-0.05, 0) is 80.6 Å². The van der Waals surface area contributed by atoms with Crippen molar-refractivity contribution in [2.75, 3.05) is 46.9 Å². The number of methoxy groups -OCH3 is 1. The number of piperidine rings is 2. The maximum atomic E-state index is 13.1. The van der Waals surface area contributed by atoms with Crippen LogP contribution < -0.4 is 4.74 Å². The molecule has 0 bridgehead atoms. The van der Waals surface area contributed by atoms with Crippen LogP contribution in [-0.4, -0.2) is 123 Å². The monoisotopic (exact) mass is 737 g/mol. The first-order valence-corrected chi connectivity index (χ1v) is 17.1. The van der Waals surface area contributed by atoms with Crippen molar-refractivity contribution in [2.45, 2.75) is 68.9 Å². The van der Waals surface area contributed by atoms with Gasteiger partial charge in [0.05, 0.1) is 30.0 Å². The number of carboxylic acids is 3. The standard InChI is InChI=1S/C29H37Cl2N3O3.C6H8O7/c1-32(29(36)21-6-9-25(37-2)10-7-21)20-23(22-8-11-26(30)27(31)19-22)12-16-33-17-13-24(14-18-33)34-15-4-3-5-28(34)35;7-3(8)1-6(13,5(11)12)2-4(9)10/h6-11,19,23-24H,3-5,12-18,20H2,1-2H3;13H,1-2H2,(H,7,8)(H,9,10)(H,11,12)/t23-;/m1./s1. The average molecular weight is 739 g/mol. The molecular formula is C35H45Cl2N3O10. The molecule has 2 aromatic rings. The van der Waals surface area contributed by atoms with Gasteiger partial charge in [-0.15, -0.1) is 0 Å². The third-order valence-electron chi connectivity index (χ3n) is 9.03. The van der Waals surface area contributed by atoms with Crippen LogP contribution in [0.5, 0.6) is 5.75 Å². The number of carboxylic acid groups (broad SMARTS) is 3. The lowest BCUT2D eigenvalue weighted by molar-refractivity contribution is -0.170. The van der Waals surface area contributed by atoms with E-state index in [2.05, 4.69) is 9.80 Å². The number of hydrogen-bond donors (Lipinski definition) is 4. The molecule has 274 valence electrons. The number of carbonyl (C=O) groups is 5. The van der Waals surface area contributed by atoms with E-state index < -0.39 is 36.4 Å². The van der Waals surface area contributed by atoms with E-state index in [9.17, 15) is 24.0 Å². The lowest BCUT2D eigenvalue weighted by Gasteiger charge is -2.40. The molecule has 2 aliphatic rings. The van der Waals surface area contributed by atoms with Crippen molar-refractivity contribution in [1.82, 2.24) is 14.7 Å². The summed E-state index contributed by atoms with van der Waals surface area (Å²) in [6.45, 7) is 4.39. The Balaban J connectivity index is 0.000000442. The van der Waals surface area contributed by atoms with Crippen LogP contribution in [0.3, 0.4) is 0 Å². The molecule has 0 aromatic heterocycles. The highest BCUT2D eigenvalue weighted by molar-refractivity contribution is 6.42. The van der Waals surface area contributed by atoms with E-state index in [0.29, 0.717) is 40.5 Å². The minimum absolute atomic E-state index is 0.0280. The number of ether oxygens (including phenoxy) is 1. The summed E-state index contributed by atoms with van der Waals surface area (Å²) in [5.41, 5.74) is -1.03. The van der Waals surface area contributed by atoms with E-state index in [1.54, 1.807) is 36.3 Å². The second-order valence-electron chi connectivity index (χ2n) is 12.7. The Bertz CT molecular complexity index is 1480. The van der Waals surface area contributed by atoms with E-state index in [1.165, 1.54) is 0 Å². The molecule has 1 atom stereocenters. The highest BCUT2D eigenvalue weighted by Gasteiger charge is 2.40. The number of likely N-dealkylation sites (N-methyl/N-ethyl adjacent to an activating group) is 1. The molecule has 0 aliphatic carbocycles. The van der Waals surface area contributed by atoms with Crippen LogP contribution in [0.15, 0.2) is 42.5 Å². The number of hydrogen-bond acceptors (Lipinski definition) is 8. The fourth-order valence-electron chi connectivity index (χ4n) is 6.22. The fourth-order valence-corrected chi connectivity index (χ4v) is 6.52. The third-order valence-corrected chi connectivity index (χ3v) is 9.77. The Labute approximate surface area is 301 Å². The van der Waals surface area contributed by atoms with Crippen molar-refractivity contribution >= 4 is 52.9 Å². The van der Waals surface area contributed by atoms with Crippen molar-refractivity contribution < 1.29 is 49.1 Å². The van der Waals surface area contributed by atoms with E-state index in [1.807, 2.05) is 25.2 Å². The summed E-state index contributed by atoms with van der Waals surface area (Å²) < 4.78 is 5.22. The molecule has 15 heteroatoms. The zero-order valence-electron chi connectivity index (χ0n) is 28.2. The molecule has 2 aliphatic heterocycles. The van der Waals surface area contributed by atoms with Crippen LogP contribution in [0.2, 0.25) is 10.0 Å². The molecule has 0 radical (unpaired) electrons. The van der Waals surface area contributed by atoms with Crippen LogP contribution in [0.1, 0.15) is 73.2 Å². The third kappa shape index (κ3) is 11.9. The van der Waals surface area contributed by atoms with Crippen LogP contribution in [0.25, 0.3) is 0 Å². The molecule has 2 aromatic carbocycles. The number of halogens is 2. The van der Waals surface area contributed by atoms with Crippen LogP contribution in [0.4, 0.5) is 0 Å². The van der Waals surface area contributed by atoms with Crippen molar-refractivity contribution in [3.8, 4) is 5.75 Å².